The monoisotopic (exact) mass is 287 g/mol. The van der Waals surface area contributed by atoms with Crippen LogP contribution >= 0.6 is 0 Å². The SMILES string of the molecule is COC[C@@H](F)CN(Cc1ccccc1)Cc1ccccc1. The van der Waals surface area contributed by atoms with Crippen LogP contribution < -0.4 is 0 Å². The fraction of sp³-hybridized carbons (Fsp3) is 0.333. The first-order chi connectivity index (χ1) is 10.3. The van der Waals surface area contributed by atoms with Crippen LogP contribution in [-0.2, 0) is 17.8 Å². The van der Waals surface area contributed by atoms with Gasteiger partial charge in [-0.05, 0) is 11.1 Å². The van der Waals surface area contributed by atoms with Crippen molar-refractivity contribution in [2.24, 2.45) is 0 Å². The average molecular weight is 287 g/mol. The van der Waals surface area contributed by atoms with Crippen molar-refractivity contribution < 1.29 is 9.13 Å². The van der Waals surface area contributed by atoms with Crippen molar-refractivity contribution in [2.45, 2.75) is 19.3 Å². The van der Waals surface area contributed by atoms with Crippen molar-refractivity contribution in [3.63, 3.8) is 0 Å². The van der Waals surface area contributed by atoms with Gasteiger partial charge in [0.1, 0.15) is 6.17 Å². The molecule has 1 atom stereocenters. The molecule has 0 fully saturated rings. The van der Waals surface area contributed by atoms with E-state index in [1.807, 2.05) is 36.4 Å². The molecule has 0 aromatic heterocycles. The molecule has 0 spiro atoms. The van der Waals surface area contributed by atoms with Gasteiger partial charge in [0.05, 0.1) is 6.61 Å². The first-order valence-electron chi connectivity index (χ1n) is 7.21. The van der Waals surface area contributed by atoms with Crippen LogP contribution in [0.2, 0.25) is 0 Å². The third-order valence-electron chi connectivity index (χ3n) is 3.30. The fourth-order valence-electron chi connectivity index (χ4n) is 2.38. The Hall–Kier alpha value is -1.71. The lowest BCUT2D eigenvalue weighted by Gasteiger charge is -2.24. The van der Waals surface area contributed by atoms with Crippen LogP contribution in [0.5, 0.6) is 0 Å². The van der Waals surface area contributed by atoms with E-state index in [2.05, 4.69) is 29.2 Å². The maximum atomic E-state index is 13.9. The van der Waals surface area contributed by atoms with Gasteiger partial charge in [0.2, 0.25) is 0 Å². The summed E-state index contributed by atoms with van der Waals surface area (Å²) in [6.45, 7) is 1.98. The van der Waals surface area contributed by atoms with Gasteiger partial charge in [-0.1, -0.05) is 60.7 Å². The van der Waals surface area contributed by atoms with E-state index >= 15 is 0 Å². The van der Waals surface area contributed by atoms with E-state index in [-0.39, 0.29) is 6.61 Å². The predicted octanol–water partition coefficient (Wildman–Crippen LogP) is 3.67. The molecule has 2 rings (SSSR count). The molecular formula is C18H22FNO. The summed E-state index contributed by atoms with van der Waals surface area (Å²) in [5.41, 5.74) is 2.39. The number of methoxy groups -OCH3 is 1. The third kappa shape index (κ3) is 5.66. The number of nitrogens with zero attached hydrogens (tertiary/aromatic N) is 1. The lowest BCUT2D eigenvalue weighted by atomic mass is 10.1. The van der Waals surface area contributed by atoms with Crippen LogP contribution in [-0.4, -0.2) is 31.3 Å². The molecule has 0 aliphatic carbocycles. The van der Waals surface area contributed by atoms with Gasteiger partial charge in [0, 0.05) is 26.7 Å². The quantitative estimate of drug-likeness (QED) is 0.734. The van der Waals surface area contributed by atoms with Gasteiger partial charge in [-0.15, -0.1) is 0 Å². The summed E-state index contributed by atoms with van der Waals surface area (Å²) in [6, 6.07) is 20.3. The van der Waals surface area contributed by atoms with Gasteiger partial charge < -0.3 is 4.74 Å². The summed E-state index contributed by atoms with van der Waals surface area (Å²) < 4.78 is 18.8. The summed E-state index contributed by atoms with van der Waals surface area (Å²) in [4.78, 5) is 2.12. The number of benzene rings is 2. The Morgan fingerprint density at radius 3 is 1.81 bits per heavy atom. The Morgan fingerprint density at radius 1 is 0.905 bits per heavy atom. The topological polar surface area (TPSA) is 12.5 Å². The van der Waals surface area contributed by atoms with Gasteiger partial charge in [0.15, 0.2) is 0 Å². The van der Waals surface area contributed by atoms with Crippen LogP contribution in [0.15, 0.2) is 60.7 Å². The van der Waals surface area contributed by atoms with Gasteiger partial charge in [-0.3, -0.25) is 4.90 Å². The van der Waals surface area contributed by atoms with Crippen molar-refractivity contribution in [2.75, 3.05) is 20.3 Å². The molecule has 0 saturated carbocycles. The van der Waals surface area contributed by atoms with Gasteiger partial charge in [-0.2, -0.15) is 0 Å². The number of ether oxygens (including phenoxy) is 1. The standard InChI is InChI=1S/C18H22FNO/c1-21-15-18(19)14-20(12-16-8-4-2-5-9-16)13-17-10-6-3-7-11-17/h2-11,18H,12-15H2,1H3/t18-/m0/s1. The Bertz CT molecular complexity index is 462. The zero-order valence-electron chi connectivity index (χ0n) is 12.4. The van der Waals surface area contributed by atoms with Crippen molar-refractivity contribution >= 4 is 0 Å². The highest BCUT2D eigenvalue weighted by atomic mass is 19.1. The molecule has 3 heteroatoms. The van der Waals surface area contributed by atoms with Crippen LogP contribution in [0, 0.1) is 0 Å². The van der Waals surface area contributed by atoms with E-state index < -0.39 is 6.17 Å². The van der Waals surface area contributed by atoms with Crippen LogP contribution in [0.4, 0.5) is 4.39 Å². The number of alkyl halides is 1. The second-order valence-electron chi connectivity index (χ2n) is 5.19. The molecule has 0 bridgehead atoms. The highest BCUT2D eigenvalue weighted by molar-refractivity contribution is 5.17. The molecule has 0 amide bonds. The highest BCUT2D eigenvalue weighted by Gasteiger charge is 2.14. The normalized spacial score (nSPS) is 12.5. The Kier molecular flexibility index (Phi) is 6.38. The summed E-state index contributed by atoms with van der Waals surface area (Å²) in [5.74, 6) is 0. The van der Waals surface area contributed by atoms with Crippen molar-refractivity contribution in [1.29, 1.82) is 0 Å². The minimum atomic E-state index is -0.970. The summed E-state index contributed by atoms with van der Waals surface area (Å²) in [6.07, 6.45) is -0.970. The molecule has 2 aromatic rings. The summed E-state index contributed by atoms with van der Waals surface area (Å²) >= 11 is 0. The summed E-state index contributed by atoms with van der Waals surface area (Å²) in [7, 11) is 1.53. The molecule has 0 saturated heterocycles. The molecule has 2 aromatic carbocycles. The predicted molar refractivity (Wildman–Crippen MR) is 83.8 cm³/mol. The van der Waals surface area contributed by atoms with E-state index in [0.717, 1.165) is 13.1 Å². The van der Waals surface area contributed by atoms with Crippen molar-refractivity contribution in [3.8, 4) is 0 Å². The van der Waals surface area contributed by atoms with Gasteiger partial charge >= 0.3 is 0 Å². The second kappa shape index (κ2) is 8.55. The number of halogens is 1. The zero-order valence-corrected chi connectivity index (χ0v) is 12.4. The molecule has 0 heterocycles. The van der Waals surface area contributed by atoms with Crippen molar-refractivity contribution in [3.05, 3.63) is 71.8 Å². The molecule has 0 unspecified atom stereocenters. The van der Waals surface area contributed by atoms with Gasteiger partial charge in [0.25, 0.3) is 0 Å². The molecule has 21 heavy (non-hydrogen) atoms. The average Bonchev–Trinajstić information content (AvgIpc) is 2.49. The van der Waals surface area contributed by atoms with E-state index in [9.17, 15) is 4.39 Å². The van der Waals surface area contributed by atoms with E-state index in [0.29, 0.717) is 6.54 Å². The fourth-order valence-corrected chi connectivity index (χ4v) is 2.38. The van der Waals surface area contributed by atoms with Crippen LogP contribution in [0.25, 0.3) is 0 Å². The first-order valence-corrected chi connectivity index (χ1v) is 7.21. The van der Waals surface area contributed by atoms with Crippen LogP contribution in [0.1, 0.15) is 11.1 Å². The third-order valence-corrected chi connectivity index (χ3v) is 3.30. The van der Waals surface area contributed by atoms with Crippen molar-refractivity contribution in [1.82, 2.24) is 4.90 Å². The minimum Gasteiger partial charge on any atom is -0.382 e. The minimum absolute atomic E-state index is 0.139. The molecule has 0 radical (unpaired) electrons. The Labute approximate surface area is 126 Å². The second-order valence-corrected chi connectivity index (χ2v) is 5.19. The van der Waals surface area contributed by atoms with E-state index in [4.69, 9.17) is 4.74 Å². The lowest BCUT2D eigenvalue weighted by molar-refractivity contribution is 0.0882. The summed E-state index contributed by atoms with van der Waals surface area (Å²) in [5, 5.41) is 0. The van der Waals surface area contributed by atoms with E-state index in [1.165, 1.54) is 18.2 Å². The first kappa shape index (κ1) is 15.7. The molecule has 0 aliphatic rings. The van der Waals surface area contributed by atoms with E-state index in [1.54, 1.807) is 0 Å². The molecular weight excluding hydrogens is 265 g/mol. The molecule has 0 aliphatic heterocycles. The van der Waals surface area contributed by atoms with Crippen LogP contribution in [0.3, 0.4) is 0 Å². The lowest BCUT2D eigenvalue weighted by Crippen LogP contribution is -2.31. The Morgan fingerprint density at radius 2 is 1.38 bits per heavy atom. The largest absolute Gasteiger partial charge is 0.382 e. The number of hydrogen-bond acceptors (Lipinski definition) is 2. The maximum absolute atomic E-state index is 13.9. The molecule has 2 nitrogen and oxygen atoms in total. The number of hydrogen-bond donors (Lipinski definition) is 0. The van der Waals surface area contributed by atoms with Gasteiger partial charge in [-0.25, -0.2) is 4.39 Å². The smallest absolute Gasteiger partial charge is 0.136 e. The Balaban J connectivity index is 2.02. The number of rotatable bonds is 8. The maximum Gasteiger partial charge on any atom is 0.136 e. The molecule has 0 N–H and O–H groups in total. The highest BCUT2D eigenvalue weighted by Crippen LogP contribution is 2.11. The molecule has 112 valence electrons. The zero-order chi connectivity index (χ0) is 14.9.